The number of alkyl halides is 1. The summed E-state index contributed by atoms with van der Waals surface area (Å²) in [4.78, 5) is 21.4. The van der Waals surface area contributed by atoms with E-state index in [2.05, 4.69) is 30.8 Å². The first-order valence-corrected chi connectivity index (χ1v) is 11.0. The van der Waals surface area contributed by atoms with Crippen LogP contribution in [-0.4, -0.2) is 51.3 Å². The summed E-state index contributed by atoms with van der Waals surface area (Å²) in [5.41, 5.74) is 3.06. The number of benzene rings is 2. The second kappa shape index (κ2) is 9.56. The smallest absolute Gasteiger partial charge is 0.168 e. The highest BCUT2D eigenvalue weighted by molar-refractivity contribution is 5.97. The zero-order valence-corrected chi connectivity index (χ0v) is 18.2. The summed E-state index contributed by atoms with van der Waals surface area (Å²) in [6.07, 6.45) is 2.97. The number of anilines is 1. The number of carbonyl (C=O) groups is 1. The van der Waals surface area contributed by atoms with E-state index < -0.39 is 12.0 Å². The van der Waals surface area contributed by atoms with Gasteiger partial charge in [0.15, 0.2) is 5.78 Å². The van der Waals surface area contributed by atoms with Gasteiger partial charge in [-0.2, -0.15) is 10.2 Å². The Hall–Kier alpha value is -3.85. The number of hydrogen-bond donors (Lipinski definition) is 2. The van der Waals surface area contributed by atoms with Crippen molar-refractivity contribution in [3.8, 4) is 11.3 Å². The van der Waals surface area contributed by atoms with E-state index in [-0.39, 0.29) is 18.2 Å². The molecular formula is C25H22F2N6O. The monoisotopic (exact) mass is 460 g/mol. The van der Waals surface area contributed by atoms with Crippen molar-refractivity contribution in [2.24, 2.45) is 0 Å². The Bertz CT molecular complexity index is 1330. The minimum Gasteiger partial charge on any atom is -0.363 e. The Morgan fingerprint density at radius 1 is 1.09 bits per heavy atom. The maximum absolute atomic E-state index is 14.2. The molecule has 0 bridgehead atoms. The van der Waals surface area contributed by atoms with Crippen LogP contribution in [-0.2, 0) is 6.42 Å². The van der Waals surface area contributed by atoms with Gasteiger partial charge in [0.2, 0.25) is 0 Å². The molecule has 34 heavy (non-hydrogen) atoms. The maximum Gasteiger partial charge on any atom is 0.168 e. The van der Waals surface area contributed by atoms with Gasteiger partial charge in [-0.1, -0.05) is 6.07 Å². The van der Waals surface area contributed by atoms with E-state index in [0.29, 0.717) is 41.3 Å². The molecule has 1 saturated heterocycles. The third kappa shape index (κ3) is 4.89. The second-order valence-corrected chi connectivity index (χ2v) is 8.27. The molecule has 2 atom stereocenters. The lowest BCUT2D eigenvalue weighted by atomic mass is 10.0. The molecule has 2 aromatic carbocycles. The lowest BCUT2D eigenvalue weighted by molar-refractivity contribution is 0.0991. The van der Waals surface area contributed by atoms with Crippen LogP contribution < -0.4 is 10.6 Å². The largest absolute Gasteiger partial charge is 0.363 e. The van der Waals surface area contributed by atoms with Crippen LogP contribution in [0, 0.1) is 5.82 Å². The molecule has 1 aliphatic heterocycles. The average Bonchev–Trinajstić information content (AvgIpc) is 2.85. The van der Waals surface area contributed by atoms with Crippen LogP contribution in [0.3, 0.4) is 0 Å². The van der Waals surface area contributed by atoms with E-state index in [1.54, 1.807) is 12.4 Å². The Kier molecular flexibility index (Phi) is 6.18. The van der Waals surface area contributed by atoms with Crippen LogP contribution in [0.2, 0.25) is 0 Å². The lowest BCUT2D eigenvalue weighted by Gasteiger charge is -2.27. The fourth-order valence-corrected chi connectivity index (χ4v) is 3.98. The molecule has 0 aliphatic carbocycles. The third-order valence-electron chi connectivity index (χ3n) is 5.82. The molecule has 5 rings (SSSR count). The molecule has 3 heterocycles. The maximum atomic E-state index is 14.2. The van der Waals surface area contributed by atoms with Gasteiger partial charge in [-0.3, -0.25) is 9.78 Å². The summed E-state index contributed by atoms with van der Waals surface area (Å²) >= 11 is 0. The minimum absolute atomic E-state index is 0.0542. The summed E-state index contributed by atoms with van der Waals surface area (Å²) in [7, 11) is 0. The highest BCUT2D eigenvalue weighted by Crippen LogP contribution is 2.24. The van der Waals surface area contributed by atoms with Gasteiger partial charge in [0, 0.05) is 23.1 Å². The van der Waals surface area contributed by atoms with Crippen LogP contribution in [0.15, 0.2) is 60.9 Å². The highest BCUT2D eigenvalue weighted by Gasteiger charge is 2.24. The van der Waals surface area contributed by atoms with Crippen molar-refractivity contribution in [1.29, 1.82) is 0 Å². The molecule has 7 nitrogen and oxygen atoms in total. The molecule has 9 heteroatoms. The number of hydrogen-bond acceptors (Lipinski definition) is 7. The van der Waals surface area contributed by atoms with Crippen molar-refractivity contribution < 1.29 is 13.6 Å². The van der Waals surface area contributed by atoms with E-state index in [1.807, 2.05) is 24.3 Å². The topological polar surface area (TPSA) is 92.7 Å². The van der Waals surface area contributed by atoms with Crippen molar-refractivity contribution in [3.05, 3.63) is 78.0 Å². The molecular weight excluding hydrogens is 438 g/mol. The SMILES string of the molecule is O=C(Cc1cc2cc(-c3cncc(N[C@H]4CCNC[C@@H]4F)n3)ccc2nn1)c1ccc(F)cc1. The van der Waals surface area contributed by atoms with Gasteiger partial charge in [0.25, 0.3) is 0 Å². The molecule has 2 aromatic heterocycles. The Balaban J connectivity index is 1.37. The van der Waals surface area contributed by atoms with Crippen molar-refractivity contribution >= 4 is 22.5 Å². The van der Waals surface area contributed by atoms with E-state index in [9.17, 15) is 13.6 Å². The number of aromatic nitrogens is 4. The number of ketones is 1. The van der Waals surface area contributed by atoms with E-state index >= 15 is 0 Å². The first kappa shape index (κ1) is 22.0. The molecule has 1 fully saturated rings. The Morgan fingerprint density at radius 3 is 2.76 bits per heavy atom. The molecule has 4 aromatic rings. The average molecular weight is 460 g/mol. The number of fused-ring (bicyclic) bond motifs is 1. The predicted octanol–water partition coefficient (Wildman–Crippen LogP) is 3.76. The fraction of sp³-hybridized carbons (Fsp3) is 0.240. The quantitative estimate of drug-likeness (QED) is 0.423. The summed E-state index contributed by atoms with van der Waals surface area (Å²) < 4.78 is 27.3. The molecule has 0 unspecified atom stereocenters. The van der Waals surface area contributed by atoms with Gasteiger partial charge in [-0.05, 0) is 55.4 Å². The van der Waals surface area contributed by atoms with Crippen LogP contribution in [0.1, 0.15) is 22.5 Å². The van der Waals surface area contributed by atoms with Gasteiger partial charge in [-0.15, -0.1) is 0 Å². The number of piperidine rings is 1. The number of carbonyl (C=O) groups excluding carboxylic acids is 1. The van der Waals surface area contributed by atoms with Crippen LogP contribution in [0.5, 0.6) is 0 Å². The molecule has 1 aliphatic rings. The van der Waals surface area contributed by atoms with E-state index in [1.165, 1.54) is 24.3 Å². The second-order valence-electron chi connectivity index (χ2n) is 8.27. The number of Topliss-reactive ketones (excluding diaryl/α,β-unsaturated/α-hetero) is 1. The highest BCUT2D eigenvalue weighted by atomic mass is 19.1. The van der Waals surface area contributed by atoms with Gasteiger partial charge in [0.1, 0.15) is 17.8 Å². The number of nitrogens with one attached hydrogen (secondary N) is 2. The summed E-state index contributed by atoms with van der Waals surface area (Å²) in [6.45, 7) is 1.07. The van der Waals surface area contributed by atoms with Crippen LogP contribution in [0.4, 0.5) is 14.6 Å². The summed E-state index contributed by atoms with van der Waals surface area (Å²) in [6, 6.07) is 12.5. The molecule has 0 amide bonds. The third-order valence-corrected chi connectivity index (χ3v) is 5.82. The van der Waals surface area contributed by atoms with Crippen molar-refractivity contribution in [3.63, 3.8) is 0 Å². The summed E-state index contributed by atoms with van der Waals surface area (Å²) in [5, 5.41) is 15.4. The first-order chi connectivity index (χ1) is 16.5. The van der Waals surface area contributed by atoms with E-state index in [4.69, 9.17) is 0 Å². The van der Waals surface area contributed by atoms with Crippen molar-refractivity contribution in [2.45, 2.75) is 25.1 Å². The van der Waals surface area contributed by atoms with Crippen molar-refractivity contribution in [2.75, 3.05) is 18.4 Å². The first-order valence-electron chi connectivity index (χ1n) is 11.0. The summed E-state index contributed by atoms with van der Waals surface area (Å²) in [5.74, 6) is -0.0404. The fourth-order valence-electron chi connectivity index (χ4n) is 3.98. The number of nitrogens with zero attached hydrogens (tertiary/aromatic N) is 4. The predicted molar refractivity (Wildman–Crippen MR) is 125 cm³/mol. The number of rotatable bonds is 6. The van der Waals surface area contributed by atoms with Crippen LogP contribution in [0.25, 0.3) is 22.2 Å². The Morgan fingerprint density at radius 2 is 1.94 bits per heavy atom. The number of halogens is 2. The van der Waals surface area contributed by atoms with Crippen molar-refractivity contribution in [1.82, 2.24) is 25.5 Å². The molecule has 172 valence electrons. The zero-order valence-electron chi connectivity index (χ0n) is 18.2. The van der Waals surface area contributed by atoms with Gasteiger partial charge in [-0.25, -0.2) is 13.8 Å². The zero-order chi connectivity index (χ0) is 23.5. The minimum atomic E-state index is -0.991. The molecule has 2 N–H and O–H groups in total. The molecule has 0 saturated carbocycles. The lowest BCUT2D eigenvalue weighted by Crippen LogP contribution is -2.45. The van der Waals surface area contributed by atoms with Gasteiger partial charge < -0.3 is 10.6 Å². The van der Waals surface area contributed by atoms with Crippen LogP contribution >= 0.6 is 0 Å². The Labute approximate surface area is 194 Å². The normalized spacial score (nSPS) is 18.1. The van der Waals surface area contributed by atoms with Gasteiger partial charge in [0.05, 0.1) is 41.8 Å². The standard InChI is InChI=1S/C25H22F2N6O/c26-18-4-1-15(2-5-18)24(34)11-19-10-17-9-16(3-6-21(17)33-32-19)23-13-29-14-25(31-23)30-22-7-8-28-12-20(22)27/h1-6,9-10,13-14,20,22,28H,7-8,11-12H2,(H,30,31)/t20-,22-/m0/s1. The molecule has 0 spiro atoms. The molecule has 0 radical (unpaired) electrons. The van der Waals surface area contributed by atoms with Gasteiger partial charge >= 0.3 is 0 Å². The van der Waals surface area contributed by atoms with E-state index in [0.717, 1.165) is 17.5 Å².